The quantitative estimate of drug-likeness (QED) is 0.655. The molecule has 1 aliphatic rings. The van der Waals surface area contributed by atoms with Gasteiger partial charge in [-0.25, -0.2) is 0 Å². The number of nitrogens with one attached hydrogen (secondary N) is 2. The number of nitrogens with two attached hydrogens (primary N) is 1. The number of H-pyrrole nitrogens is 1. The molecular weight excluding hydrogens is 200 g/mol. The summed E-state index contributed by atoms with van der Waals surface area (Å²) in [5.41, 5.74) is 6.32. The molecule has 1 saturated heterocycles. The lowest BCUT2D eigenvalue weighted by atomic mass is 10.2. The number of hydrogen-bond donors (Lipinski definition) is 3. The van der Waals surface area contributed by atoms with Gasteiger partial charge in [0, 0.05) is 11.8 Å². The van der Waals surface area contributed by atoms with Gasteiger partial charge in [-0.2, -0.15) is 16.9 Å². The lowest BCUT2D eigenvalue weighted by Gasteiger charge is -2.09. The van der Waals surface area contributed by atoms with E-state index in [0.717, 1.165) is 17.9 Å². The molecule has 4 N–H and O–H groups in total. The number of amides is 1. The van der Waals surface area contributed by atoms with Gasteiger partial charge in [0.1, 0.15) is 5.69 Å². The van der Waals surface area contributed by atoms with Crippen LogP contribution in [0.15, 0.2) is 6.20 Å². The number of hydrogen-bond acceptors (Lipinski definition) is 4. The van der Waals surface area contributed by atoms with Gasteiger partial charge in [0.15, 0.2) is 0 Å². The minimum absolute atomic E-state index is 0.160. The first-order valence-electron chi connectivity index (χ1n) is 4.45. The highest BCUT2D eigenvalue weighted by Gasteiger charge is 2.20. The Balaban J connectivity index is 1.98. The van der Waals surface area contributed by atoms with Crippen molar-refractivity contribution in [3.05, 3.63) is 11.9 Å². The van der Waals surface area contributed by atoms with Gasteiger partial charge in [0.2, 0.25) is 0 Å². The number of nitrogens with zero attached hydrogens (tertiary/aromatic N) is 1. The van der Waals surface area contributed by atoms with Crippen molar-refractivity contribution in [2.24, 2.45) is 0 Å². The number of anilines is 1. The van der Waals surface area contributed by atoms with Crippen LogP contribution in [0.5, 0.6) is 0 Å². The summed E-state index contributed by atoms with van der Waals surface area (Å²) in [6.07, 6.45) is 2.47. The summed E-state index contributed by atoms with van der Waals surface area (Å²) < 4.78 is 0. The average molecular weight is 212 g/mol. The second-order valence-electron chi connectivity index (χ2n) is 3.23. The van der Waals surface area contributed by atoms with Crippen LogP contribution in [0, 0.1) is 0 Å². The molecule has 0 spiro atoms. The van der Waals surface area contributed by atoms with Crippen LogP contribution in [0.25, 0.3) is 0 Å². The van der Waals surface area contributed by atoms with E-state index in [9.17, 15) is 4.79 Å². The van der Waals surface area contributed by atoms with Crippen molar-refractivity contribution in [2.75, 3.05) is 17.2 Å². The maximum absolute atomic E-state index is 11.6. The lowest BCUT2D eigenvalue weighted by molar-refractivity contribution is 0.0937. The van der Waals surface area contributed by atoms with Crippen LogP contribution >= 0.6 is 11.8 Å². The van der Waals surface area contributed by atoms with E-state index in [4.69, 9.17) is 5.73 Å². The molecule has 1 unspecified atom stereocenters. The molecule has 0 aromatic carbocycles. The molecule has 1 aliphatic heterocycles. The van der Waals surface area contributed by atoms with Crippen LogP contribution in [-0.4, -0.2) is 33.7 Å². The molecule has 5 nitrogen and oxygen atoms in total. The van der Waals surface area contributed by atoms with E-state index in [1.165, 1.54) is 6.20 Å². The van der Waals surface area contributed by atoms with Crippen molar-refractivity contribution in [3.63, 3.8) is 0 Å². The largest absolute Gasteiger partial charge is 0.396 e. The maximum atomic E-state index is 11.6. The van der Waals surface area contributed by atoms with Crippen LogP contribution in [0.4, 0.5) is 5.69 Å². The van der Waals surface area contributed by atoms with E-state index in [0.29, 0.717) is 11.4 Å². The molecule has 0 aliphatic carbocycles. The standard InChI is InChI=1S/C8H12N4OS/c9-6-3-10-12-7(6)8(13)11-5-1-2-14-4-5/h3,5H,1-2,4,9H2,(H,10,12)(H,11,13). The molecule has 1 amide bonds. The lowest BCUT2D eigenvalue weighted by Crippen LogP contribution is -2.35. The van der Waals surface area contributed by atoms with Gasteiger partial charge in [-0.1, -0.05) is 0 Å². The predicted molar refractivity (Wildman–Crippen MR) is 56.2 cm³/mol. The molecule has 0 radical (unpaired) electrons. The Kier molecular flexibility index (Phi) is 2.62. The number of carbonyl (C=O) groups excluding carboxylic acids is 1. The third-order valence-corrected chi connectivity index (χ3v) is 3.32. The summed E-state index contributed by atoms with van der Waals surface area (Å²) in [5, 5.41) is 9.20. The SMILES string of the molecule is Nc1cn[nH]c1C(=O)NC1CCSC1. The first kappa shape index (κ1) is 9.39. The van der Waals surface area contributed by atoms with Crippen LogP contribution in [0.3, 0.4) is 0 Å². The molecular formula is C8H12N4OS. The summed E-state index contributed by atoms with van der Waals surface area (Å²) in [4.78, 5) is 11.6. The Labute approximate surface area is 85.8 Å². The minimum Gasteiger partial charge on any atom is -0.396 e. The van der Waals surface area contributed by atoms with Crippen molar-refractivity contribution in [2.45, 2.75) is 12.5 Å². The summed E-state index contributed by atoms with van der Waals surface area (Å²) in [6, 6.07) is 0.273. The molecule has 2 heterocycles. The minimum atomic E-state index is -0.160. The smallest absolute Gasteiger partial charge is 0.271 e. The highest BCUT2D eigenvalue weighted by atomic mass is 32.2. The van der Waals surface area contributed by atoms with Gasteiger partial charge in [0.25, 0.3) is 5.91 Å². The molecule has 6 heteroatoms. The van der Waals surface area contributed by atoms with Gasteiger partial charge in [-0.15, -0.1) is 0 Å². The average Bonchev–Trinajstić information content (AvgIpc) is 2.75. The molecule has 1 fully saturated rings. The highest BCUT2D eigenvalue weighted by molar-refractivity contribution is 7.99. The maximum Gasteiger partial charge on any atom is 0.271 e. The molecule has 76 valence electrons. The van der Waals surface area contributed by atoms with E-state index in [1.807, 2.05) is 11.8 Å². The van der Waals surface area contributed by atoms with E-state index in [1.54, 1.807) is 0 Å². The first-order valence-corrected chi connectivity index (χ1v) is 5.60. The van der Waals surface area contributed by atoms with Crippen molar-refractivity contribution in [3.8, 4) is 0 Å². The summed E-state index contributed by atoms with van der Waals surface area (Å²) in [7, 11) is 0. The number of thioether (sulfide) groups is 1. The molecule has 0 bridgehead atoms. The highest BCUT2D eigenvalue weighted by Crippen LogP contribution is 2.17. The Bertz CT molecular complexity index is 332. The monoisotopic (exact) mass is 212 g/mol. The number of nitrogen functional groups attached to an aromatic ring is 1. The zero-order valence-electron chi connectivity index (χ0n) is 7.62. The van der Waals surface area contributed by atoms with Crippen LogP contribution in [-0.2, 0) is 0 Å². The second-order valence-corrected chi connectivity index (χ2v) is 4.38. The summed E-state index contributed by atoms with van der Waals surface area (Å²) in [6.45, 7) is 0. The molecule has 1 aromatic rings. The van der Waals surface area contributed by atoms with Crippen molar-refractivity contribution < 1.29 is 4.79 Å². The van der Waals surface area contributed by atoms with Crippen molar-refractivity contribution in [1.82, 2.24) is 15.5 Å². The van der Waals surface area contributed by atoms with Crippen LogP contribution in [0.1, 0.15) is 16.9 Å². The van der Waals surface area contributed by atoms with E-state index in [2.05, 4.69) is 15.5 Å². The zero-order valence-corrected chi connectivity index (χ0v) is 8.43. The van der Waals surface area contributed by atoms with Gasteiger partial charge >= 0.3 is 0 Å². The second kappa shape index (κ2) is 3.91. The Morgan fingerprint density at radius 1 is 1.79 bits per heavy atom. The zero-order chi connectivity index (χ0) is 9.97. The van der Waals surface area contributed by atoms with Gasteiger partial charge in [0.05, 0.1) is 11.9 Å². The number of aromatic nitrogens is 2. The Morgan fingerprint density at radius 2 is 2.64 bits per heavy atom. The molecule has 1 aromatic heterocycles. The molecule has 0 saturated carbocycles. The fourth-order valence-corrected chi connectivity index (χ4v) is 2.54. The number of carbonyl (C=O) groups is 1. The van der Waals surface area contributed by atoms with Gasteiger partial charge in [-0.3, -0.25) is 9.89 Å². The van der Waals surface area contributed by atoms with E-state index in [-0.39, 0.29) is 11.9 Å². The van der Waals surface area contributed by atoms with Gasteiger partial charge in [-0.05, 0) is 12.2 Å². The third kappa shape index (κ3) is 1.84. The fraction of sp³-hybridized carbons (Fsp3) is 0.500. The van der Waals surface area contributed by atoms with Crippen LogP contribution in [0.2, 0.25) is 0 Å². The molecule has 1 atom stereocenters. The third-order valence-electron chi connectivity index (χ3n) is 2.16. The topological polar surface area (TPSA) is 83.8 Å². The molecule has 14 heavy (non-hydrogen) atoms. The predicted octanol–water partition coefficient (Wildman–Crippen LogP) is 0.227. The molecule has 2 rings (SSSR count). The normalized spacial score (nSPS) is 21.0. The Morgan fingerprint density at radius 3 is 3.21 bits per heavy atom. The van der Waals surface area contributed by atoms with Crippen molar-refractivity contribution in [1.29, 1.82) is 0 Å². The van der Waals surface area contributed by atoms with E-state index >= 15 is 0 Å². The Hall–Kier alpha value is -1.17. The van der Waals surface area contributed by atoms with Gasteiger partial charge < -0.3 is 11.1 Å². The fourth-order valence-electron chi connectivity index (χ4n) is 1.38. The summed E-state index contributed by atoms with van der Waals surface area (Å²) in [5.74, 6) is 1.94. The van der Waals surface area contributed by atoms with Crippen molar-refractivity contribution >= 4 is 23.4 Å². The number of rotatable bonds is 2. The first-order chi connectivity index (χ1) is 6.77. The summed E-state index contributed by atoms with van der Waals surface area (Å²) >= 11 is 1.85. The van der Waals surface area contributed by atoms with E-state index < -0.39 is 0 Å². The number of aromatic amines is 1. The van der Waals surface area contributed by atoms with Crippen LogP contribution < -0.4 is 11.1 Å².